The molecule has 2 aromatic rings. The maximum atomic E-state index is 11.6. The minimum absolute atomic E-state index is 0.202. The van der Waals surface area contributed by atoms with E-state index in [1.807, 2.05) is 24.3 Å². The van der Waals surface area contributed by atoms with Crippen LogP contribution in [0, 0.1) is 9.49 Å². The third kappa shape index (κ3) is 3.39. The number of carbonyl (C=O) groups is 1. The van der Waals surface area contributed by atoms with Gasteiger partial charge in [0.05, 0.1) is 0 Å². The third-order valence-corrected chi connectivity index (χ3v) is 4.16. The van der Waals surface area contributed by atoms with Crippen LogP contribution in [0.5, 0.6) is 5.75 Å². The molecule has 102 valence electrons. The van der Waals surface area contributed by atoms with E-state index in [2.05, 4.69) is 46.9 Å². The highest BCUT2D eigenvalue weighted by Crippen LogP contribution is 2.30. The van der Waals surface area contributed by atoms with Crippen molar-refractivity contribution in [2.75, 3.05) is 6.61 Å². The van der Waals surface area contributed by atoms with E-state index in [1.54, 1.807) is 0 Å². The van der Waals surface area contributed by atoms with Gasteiger partial charge in [-0.3, -0.25) is 4.79 Å². The Morgan fingerprint density at radius 1 is 1.00 bits per heavy atom. The highest BCUT2D eigenvalue weighted by Gasteiger charge is 2.29. The maximum absolute atomic E-state index is 11.6. The van der Waals surface area contributed by atoms with Crippen molar-refractivity contribution >= 4 is 28.4 Å². The molecule has 0 bridgehead atoms. The first-order valence-corrected chi connectivity index (χ1v) is 7.82. The van der Waals surface area contributed by atoms with Crippen molar-refractivity contribution in [3.63, 3.8) is 0 Å². The Hall–Kier alpha value is -1.36. The Morgan fingerprint density at radius 3 is 2.10 bits per heavy atom. The molecule has 0 saturated heterocycles. The molecular weight excluding hydrogens is 363 g/mol. The van der Waals surface area contributed by atoms with Crippen LogP contribution in [-0.2, 0) is 4.79 Å². The molecule has 0 radical (unpaired) electrons. The molecule has 0 aromatic heterocycles. The highest BCUT2D eigenvalue weighted by atomic mass is 127. The molecule has 3 rings (SSSR count). The molecule has 0 heterocycles. The Labute approximate surface area is 132 Å². The zero-order valence-corrected chi connectivity index (χ0v) is 13.2. The lowest BCUT2D eigenvalue weighted by Crippen LogP contribution is -2.12. The predicted octanol–water partition coefficient (Wildman–Crippen LogP) is 4.32. The summed E-state index contributed by atoms with van der Waals surface area (Å²) in [5.74, 6) is 1.25. The van der Waals surface area contributed by atoms with E-state index < -0.39 is 0 Å². The van der Waals surface area contributed by atoms with E-state index in [9.17, 15) is 4.79 Å². The van der Waals surface area contributed by atoms with Gasteiger partial charge in [-0.05, 0) is 70.8 Å². The number of halogens is 1. The van der Waals surface area contributed by atoms with E-state index in [0.29, 0.717) is 0 Å². The smallest absolute Gasteiger partial charge is 0.173 e. The van der Waals surface area contributed by atoms with Crippen LogP contribution < -0.4 is 4.74 Å². The molecule has 0 N–H and O–H groups in total. The lowest BCUT2D eigenvalue weighted by atomic mass is 10.1. The molecule has 0 atom stereocenters. The van der Waals surface area contributed by atoms with Gasteiger partial charge in [-0.1, -0.05) is 24.3 Å². The van der Waals surface area contributed by atoms with Crippen LogP contribution in [0.4, 0.5) is 0 Å². The van der Waals surface area contributed by atoms with Gasteiger partial charge in [-0.2, -0.15) is 0 Å². The van der Waals surface area contributed by atoms with Gasteiger partial charge >= 0.3 is 0 Å². The van der Waals surface area contributed by atoms with Crippen molar-refractivity contribution in [3.05, 3.63) is 52.1 Å². The fraction of sp³-hybridized carbons (Fsp3) is 0.235. The van der Waals surface area contributed by atoms with Crippen molar-refractivity contribution < 1.29 is 9.53 Å². The Kier molecular flexibility index (Phi) is 4.05. The molecule has 20 heavy (non-hydrogen) atoms. The number of hydrogen-bond acceptors (Lipinski definition) is 2. The zero-order chi connectivity index (χ0) is 13.9. The molecular formula is C17H15IO2. The SMILES string of the molecule is O=C(COc1ccc(-c2ccc(I)cc2)cc1)C1CC1. The highest BCUT2D eigenvalue weighted by molar-refractivity contribution is 14.1. The summed E-state index contributed by atoms with van der Waals surface area (Å²) in [5.41, 5.74) is 2.34. The van der Waals surface area contributed by atoms with E-state index in [-0.39, 0.29) is 18.3 Å². The zero-order valence-electron chi connectivity index (χ0n) is 11.0. The number of rotatable bonds is 5. The summed E-state index contributed by atoms with van der Waals surface area (Å²) in [7, 11) is 0. The summed E-state index contributed by atoms with van der Waals surface area (Å²) in [5, 5.41) is 0. The summed E-state index contributed by atoms with van der Waals surface area (Å²) in [4.78, 5) is 11.6. The predicted molar refractivity (Wildman–Crippen MR) is 87.8 cm³/mol. The summed E-state index contributed by atoms with van der Waals surface area (Å²) < 4.78 is 6.76. The number of carbonyl (C=O) groups excluding carboxylic acids is 1. The molecule has 2 aromatic carbocycles. The van der Waals surface area contributed by atoms with Crippen molar-refractivity contribution in [1.82, 2.24) is 0 Å². The lowest BCUT2D eigenvalue weighted by Gasteiger charge is -2.07. The van der Waals surface area contributed by atoms with Gasteiger partial charge < -0.3 is 4.74 Å². The van der Waals surface area contributed by atoms with Gasteiger partial charge in [0.1, 0.15) is 12.4 Å². The lowest BCUT2D eigenvalue weighted by molar-refractivity contribution is -0.122. The van der Waals surface area contributed by atoms with Gasteiger partial charge in [0.15, 0.2) is 5.78 Å². The van der Waals surface area contributed by atoms with E-state index in [1.165, 1.54) is 9.13 Å². The largest absolute Gasteiger partial charge is 0.486 e. The summed E-state index contributed by atoms with van der Waals surface area (Å²) >= 11 is 2.30. The molecule has 3 heteroatoms. The van der Waals surface area contributed by atoms with E-state index >= 15 is 0 Å². The van der Waals surface area contributed by atoms with Crippen molar-refractivity contribution in [2.45, 2.75) is 12.8 Å². The first kappa shape index (κ1) is 13.6. The second kappa shape index (κ2) is 5.95. The van der Waals surface area contributed by atoms with Crippen molar-refractivity contribution in [3.8, 4) is 16.9 Å². The minimum Gasteiger partial charge on any atom is -0.486 e. The Bertz CT molecular complexity index is 598. The topological polar surface area (TPSA) is 26.3 Å². The van der Waals surface area contributed by atoms with E-state index in [4.69, 9.17) is 4.74 Å². The van der Waals surface area contributed by atoms with Crippen LogP contribution in [0.25, 0.3) is 11.1 Å². The number of hydrogen-bond donors (Lipinski definition) is 0. The molecule has 1 saturated carbocycles. The fourth-order valence-electron chi connectivity index (χ4n) is 2.06. The number of ether oxygens (including phenoxy) is 1. The van der Waals surface area contributed by atoms with Crippen LogP contribution in [0.15, 0.2) is 48.5 Å². The van der Waals surface area contributed by atoms with Gasteiger partial charge in [-0.25, -0.2) is 0 Å². The van der Waals surface area contributed by atoms with Crippen molar-refractivity contribution in [2.24, 2.45) is 5.92 Å². The molecule has 1 aliphatic rings. The van der Waals surface area contributed by atoms with Crippen molar-refractivity contribution in [1.29, 1.82) is 0 Å². The van der Waals surface area contributed by atoms with Gasteiger partial charge in [0, 0.05) is 9.49 Å². The van der Waals surface area contributed by atoms with Gasteiger partial charge in [-0.15, -0.1) is 0 Å². The molecule has 0 unspecified atom stereocenters. The van der Waals surface area contributed by atoms with Crippen LogP contribution in [0.2, 0.25) is 0 Å². The normalized spacial score (nSPS) is 14.1. The van der Waals surface area contributed by atoms with Crippen LogP contribution in [0.1, 0.15) is 12.8 Å². The third-order valence-electron chi connectivity index (χ3n) is 3.45. The Morgan fingerprint density at radius 2 is 1.55 bits per heavy atom. The fourth-order valence-corrected chi connectivity index (χ4v) is 2.42. The average Bonchev–Trinajstić information content (AvgIpc) is 3.31. The first-order valence-electron chi connectivity index (χ1n) is 6.74. The molecule has 0 amide bonds. The summed E-state index contributed by atoms with van der Waals surface area (Å²) in [6, 6.07) is 16.3. The number of Topliss-reactive ketones (excluding diaryl/α,β-unsaturated/α-hetero) is 1. The monoisotopic (exact) mass is 378 g/mol. The molecule has 1 aliphatic carbocycles. The van der Waals surface area contributed by atoms with Crippen LogP contribution in [0.3, 0.4) is 0 Å². The quantitative estimate of drug-likeness (QED) is 0.725. The van der Waals surface area contributed by atoms with Gasteiger partial charge in [0.2, 0.25) is 0 Å². The molecule has 0 aliphatic heterocycles. The average molecular weight is 378 g/mol. The number of ketones is 1. The standard InChI is InChI=1S/C17H15IO2/c18-15-7-3-12(4-8-15)13-5-9-16(10-6-13)20-11-17(19)14-1-2-14/h3-10,14H,1-2,11H2. The molecule has 0 spiro atoms. The first-order chi connectivity index (χ1) is 9.72. The van der Waals surface area contributed by atoms with Gasteiger partial charge in [0.25, 0.3) is 0 Å². The second-order valence-electron chi connectivity index (χ2n) is 5.06. The molecule has 1 fully saturated rings. The van der Waals surface area contributed by atoms with E-state index in [0.717, 1.165) is 24.2 Å². The van der Waals surface area contributed by atoms with Crippen LogP contribution in [-0.4, -0.2) is 12.4 Å². The number of benzene rings is 2. The molecule has 2 nitrogen and oxygen atoms in total. The minimum atomic E-state index is 0.202. The summed E-state index contributed by atoms with van der Waals surface area (Å²) in [6.45, 7) is 0.202. The summed E-state index contributed by atoms with van der Waals surface area (Å²) in [6.07, 6.45) is 2.07. The second-order valence-corrected chi connectivity index (χ2v) is 6.31. The van der Waals surface area contributed by atoms with Crippen LogP contribution >= 0.6 is 22.6 Å². The maximum Gasteiger partial charge on any atom is 0.173 e. The Balaban J connectivity index is 1.64.